The fraction of sp³-hybridized carbons (Fsp3) is 0.125. The highest BCUT2D eigenvalue weighted by molar-refractivity contribution is 6.30. The summed E-state index contributed by atoms with van der Waals surface area (Å²) < 4.78 is 39.5. The maximum absolute atomic E-state index is 12.7. The molecule has 0 aliphatic heterocycles. The molecule has 0 N–H and O–H groups in total. The summed E-state index contributed by atoms with van der Waals surface area (Å²) in [6, 6.07) is 7.97. The molecule has 0 spiro atoms. The Morgan fingerprint density at radius 1 is 1.12 bits per heavy atom. The third-order valence-electron chi connectivity index (χ3n) is 3.35. The van der Waals surface area contributed by atoms with Crippen molar-refractivity contribution < 1.29 is 13.2 Å². The Morgan fingerprint density at radius 2 is 1.76 bits per heavy atom. The quantitative estimate of drug-likeness (QED) is 0.710. The van der Waals surface area contributed by atoms with E-state index in [9.17, 15) is 13.2 Å². The Morgan fingerprint density at radius 3 is 2.32 bits per heavy atom. The maximum Gasteiger partial charge on any atom is 0.416 e. The Labute approximate surface area is 145 Å². The van der Waals surface area contributed by atoms with Gasteiger partial charge in [0.1, 0.15) is 11.9 Å². The normalized spacial score (nSPS) is 11.3. The molecule has 2 aromatic heterocycles. The van der Waals surface area contributed by atoms with E-state index in [0.29, 0.717) is 22.2 Å². The molecule has 0 saturated carbocycles. The number of alkyl halides is 3. The van der Waals surface area contributed by atoms with E-state index >= 15 is 0 Å². The van der Waals surface area contributed by atoms with Crippen molar-refractivity contribution in [2.24, 2.45) is 0 Å². The van der Waals surface area contributed by atoms with Crippen LogP contribution in [0.2, 0.25) is 5.02 Å². The van der Waals surface area contributed by atoms with E-state index in [-0.39, 0.29) is 12.1 Å². The summed E-state index contributed by atoms with van der Waals surface area (Å²) in [5, 5.41) is 13.5. The molecular formula is C16H9ClF3N5. The highest BCUT2D eigenvalue weighted by Gasteiger charge is 2.30. The van der Waals surface area contributed by atoms with Gasteiger partial charge in [0.2, 0.25) is 0 Å². The molecule has 0 atom stereocenters. The number of rotatable bonds is 3. The molecule has 9 heteroatoms. The van der Waals surface area contributed by atoms with Gasteiger partial charge in [-0.05, 0) is 30.3 Å². The summed E-state index contributed by atoms with van der Waals surface area (Å²) in [6.45, 7) is 0. The van der Waals surface area contributed by atoms with Gasteiger partial charge < -0.3 is 0 Å². The van der Waals surface area contributed by atoms with Gasteiger partial charge >= 0.3 is 6.18 Å². The molecule has 126 valence electrons. The lowest BCUT2D eigenvalue weighted by atomic mass is 10.2. The summed E-state index contributed by atoms with van der Waals surface area (Å²) in [7, 11) is 0. The molecule has 0 aliphatic carbocycles. The van der Waals surface area contributed by atoms with E-state index in [0.717, 1.165) is 12.1 Å². The molecule has 3 rings (SSSR count). The zero-order valence-electron chi connectivity index (χ0n) is 12.5. The van der Waals surface area contributed by atoms with Crippen molar-refractivity contribution in [2.45, 2.75) is 12.6 Å². The van der Waals surface area contributed by atoms with Gasteiger partial charge in [0.05, 0.1) is 28.4 Å². The SMILES string of the molecule is N#Cc1cc(Cc2ncc(Cl)cn2)n(-c2ccc(C(F)(F)F)cc2)n1. The number of hydrogen-bond acceptors (Lipinski definition) is 4. The summed E-state index contributed by atoms with van der Waals surface area (Å²) in [5.74, 6) is 0.446. The van der Waals surface area contributed by atoms with Crippen LogP contribution in [0.5, 0.6) is 0 Å². The lowest BCUT2D eigenvalue weighted by Gasteiger charge is -2.10. The fourth-order valence-electron chi connectivity index (χ4n) is 2.21. The van der Waals surface area contributed by atoms with Crippen molar-refractivity contribution in [2.75, 3.05) is 0 Å². The van der Waals surface area contributed by atoms with E-state index in [1.807, 2.05) is 6.07 Å². The molecule has 3 aromatic rings. The van der Waals surface area contributed by atoms with E-state index < -0.39 is 11.7 Å². The molecule has 0 radical (unpaired) electrons. The zero-order chi connectivity index (χ0) is 18.0. The third-order valence-corrected chi connectivity index (χ3v) is 3.55. The average Bonchev–Trinajstić information content (AvgIpc) is 2.99. The van der Waals surface area contributed by atoms with Crippen molar-refractivity contribution in [3.63, 3.8) is 0 Å². The summed E-state index contributed by atoms with van der Waals surface area (Å²) in [4.78, 5) is 8.15. The molecule has 0 aliphatic rings. The molecule has 0 amide bonds. The van der Waals surface area contributed by atoms with Crippen LogP contribution < -0.4 is 0 Å². The Kier molecular flexibility index (Phi) is 4.42. The van der Waals surface area contributed by atoms with Gasteiger partial charge in [-0.15, -0.1) is 0 Å². The molecule has 1 aromatic carbocycles. The molecule has 0 bridgehead atoms. The number of aromatic nitrogens is 4. The minimum Gasteiger partial charge on any atom is -0.239 e. The van der Waals surface area contributed by atoms with Crippen molar-refractivity contribution in [3.05, 3.63) is 70.5 Å². The van der Waals surface area contributed by atoms with Gasteiger partial charge in [-0.2, -0.15) is 23.5 Å². The molecule has 0 unspecified atom stereocenters. The Hall–Kier alpha value is -2.92. The average molecular weight is 364 g/mol. The predicted molar refractivity (Wildman–Crippen MR) is 83.1 cm³/mol. The van der Waals surface area contributed by atoms with Crippen LogP contribution in [0.25, 0.3) is 5.69 Å². The van der Waals surface area contributed by atoms with Crippen molar-refractivity contribution in [1.29, 1.82) is 5.26 Å². The van der Waals surface area contributed by atoms with Gasteiger partial charge in [-0.1, -0.05) is 11.6 Å². The minimum atomic E-state index is -4.42. The van der Waals surface area contributed by atoms with Gasteiger partial charge in [-0.3, -0.25) is 0 Å². The van der Waals surface area contributed by atoms with Crippen LogP contribution in [-0.2, 0) is 12.6 Å². The van der Waals surface area contributed by atoms with E-state index in [1.165, 1.54) is 35.3 Å². The van der Waals surface area contributed by atoms with E-state index in [1.54, 1.807) is 0 Å². The van der Waals surface area contributed by atoms with Crippen LogP contribution in [0.3, 0.4) is 0 Å². The lowest BCUT2D eigenvalue weighted by molar-refractivity contribution is -0.137. The number of nitriles is 1. The van der Waals surface area contributed by atoms with Crippen LogP contribution in [0.1, 0.15) is 22.8 Å². The van der Waals surface area contributed by atoms with E-state index in [4.69, 9.17) is 16.9 Å². The smallest absolute Gasteiger partial charge is 0.239 e. The first-order chi connectivity index (χ1) is 11.9. The van der Waals surface area contributed by atoms with Crippen LogP contribution in [0, 0.1) is 11.3 Å². The van der Waals surface area contributed by atoms with Gasteiger partial charge in [0.15, 0.2) is 5.69 Å². The summed E-state index contributed by atoms with van der Waals surface area (Å²) in [6.07, 6.45) is -1.30. The van der Waals surface area contributed by atoms with Crippen molar-refractivity contribution >= 4 is 11.6 Å². The molecular weight excluding hydrogens is 355 g/mol. The highest BCUT2D eigenvalue weighted by Crippen LogP contribution is 2.29. The standard InChI is InChI=1S/C16H9ClF3N5/c17-11-8-22-15(23-9-11)6-14-5-12(7-21)24-25(14)13-3-1-10(2-4-13)16(18,19)20/h1-5,8-9H,6H2. The molecule has 2 heterocycles. The van der Waals surface area contributed by atoms with Crippen LogP contribution >= 0.6 is 11.6 Å². The van der Waals surface area contributed by atoms with Crippen LogP contribution in [-0.4, -0.2) is 19.7 Å². The maximum atomic E-state index is 12.7. The largest absolute Gasteiger partial charge is 0.416 e. The van der Waals surface area contributed by atoms with Crippen molar-refractivity contribution in [1.82, 2.24) is 19.7 Å². The van der Waals surface area contributed by atoms with Crippen molar-refractivity contribution in [3.8, 4) is 11.8 Å². The molecule has 0 saturated heterocycles. The second kappa shape index (κ2) is 6.53. The van der Waals surface area contributed by atoms with E-state index in [2.05, 4.69) is 15.1 Å². The van der Waals surface area contributed by atoms with Crippen LogP contribution in [0.4, 0.5) is 13.2 Å². The predicted octanol–water partition coefficient (Wildman–Crippen LogP) is 3.80. The number of nitrogens with zero attached hydrogens (tertiary/aromatic N) is 5. The molecule has 5 nitrogen and oxygen atoms in total. The highest BCUT2D eigenvalue weighted by atomic mass is 35.5. The minimum absolute atomic E-state index is 0.142. The van der Waals surface area contributed by atoms with Crippen LogP contribution in [0.15, 0.2) is 42.7 Å². The second-order valence-electron chi connectivity index (χ2n) is 5.08. The molecule has 25 heavy (non-hydrogen) atoms. The first-order valence-corrected chi connectivity index (χ1v) is 7.38. The Bertz CT molecular complexity index is 924. The van der Waals surface area contributed by atoms with Gasteiger partial charge in [0, 0.05) is 12.4 Å². The molecule has 0 fully saturated rings. The third kappa shape index (κ3) is 3.78. The lowest BCUT2D eigenvalue weighted by Crippen LogP contribution is -2.07. The fourth-order valence-corrected chi connectivity index (χ4v) is 2.31. The monoisotopic (exact) mass is 363 g/mol. The first kappa shape index (κ1) is 16.9. The number of hydrogen-bond donors (Lipinski definition) is 0. The summed E-state index contributed by atoms with van der Waals surface area (Å²) in [5.41, 5.74) is 0.354. The van der Waals surface area contributed by atoms with Gasteiger partial charge in [-0.25, -0.2) is 14.6 Å². The number of halogens is 4. The van der Waals surface area contributed by atoms with Gasteiger partial charge in [0.25, 0.3) is 0 Å². The zero-order valence-corrected chi connectivity index (χ0v) is 13.3. The number of benzene rings is 1. The summed E-state index contributed by atoms with van der Waals surface area (Å²) >= 11 is 5.74. The Balaban J connectivity index is 1.97. The second-order valence-corrected chi connectivity index (χ2v) is 5.52. The topological polar surface area (TPSA) is 67.4 Å². The first-order valence-electron chi connectivity index (χ1n) is 7.00.